The Labute approximate surface area is 179 Å². The molecule has 2 heterocycles. The molecule has 1 saturated heterocycles. The number of benzene rings is 2. The van der Waals surface area contributed by atoms with Crippen molar-refractivity contribution in [3.05, 3.63) is 54.1 Å². The lowest BCUT2D eigenvalue weighted by Crippen LogP contribution is -2.43. The van der Waals surface area contributed by atoms with Crippen LogP contribution in [-0.4, -0.2) is 48.5 Å². The molecule has 0 aromatic heterocycles. The SMILES string of the molecule is COc1ccc(NC(=O)CN2N=N[C@H]3C(=O)N(c4ccc(C(C)C)cc4)C(=O)[C@@H]32)cc1. The number of hydrogen-bond acceptors (Lipinski definition) is 7. The number of hydrogen-bond donors (Lipinski definition) is 1. The van der Waals surface area contributed by atoms with Gasteiger partial charge < -0.3 is 10.1 Å². The van der Waals surface area contributed by atoms with Crippen LogP contribution in [-0.2, 0) is 14.4 Å². The third-order valence-corrected chi connectivity index (χ3v) is 5.36. The van der Waals surface area contributed by atoms with E-state index in [4.69, 9.17) is 4.74 Å². The van der Waals surface area contributed by atoms with Gasteiger partial charge in [0, 0.05) is 5.69 Å². The lowest BCUT2D eigenvalue weighted by Gasteiger charge is -2.20. The molecular formula is C22H23N5O4. The number of fused-ring (bicyclic) bond motifs is 1. The van der Waals surface area contributed by atoms with E-state index < -0.39 is 23.9 Å². The molecule has 0 radical (unpaired) electrons. The summed E-state index contributed by atoms with van der Waals surface area (Å²) in [6.07, 6.45) is 0. The Bertz CT molecular complexity index is 1030. The van der Waals surface area contributed by atoms with Gasteiger partial charge in [0.25, 0.3) is 11.8 Å². The molecule has 2 aliphatic heterocycles. The summed E-state index contributed by atoms with van der Waals surface area (Å²) < 4.78 is 5.09. The van der Waals surface area contributed by atoms with Crippen LogP contribution < -0.4 is 15.0 Å². The van der Waals surface area contributed by atoms with E-state index in [1.807, 2.05) is 12.1 Å². The van der Waals surface area contributed by atoms with Gasteiger partial charge in [0.05, 0.1) is 12.8 Å². The second kappa shape index (κ2) is 8.17. The fraction of sp³-hybridized carbons (Fsp3) is 0.318. The molecule has 2 atom stereocenters. The molecule has 1 N–H and O–H groups in total. The Balaban J connectivity index is 1.45. The third-order valence-electron chi connectivity index (χ3n) is 5.36. The number of ether oxygens (including phenoxy) is 1. The number of methoxy groups -OCH3 is 1. The van der Waals surface area contributed by atoms with Crippen molar-refractivity contribution in [3.8, 4) is 5.75 Å². The zero-order valence-corrected chi connectivity index (χ0v) is 17.5. The normalized spacial score (nSPS) is 19.9. The summed E-state index contributed by atoms with van der Waals surface area (Å²) in [6, 6.07) is 12.3. The molecule has 2 aliphatic rings. The molecule has 31 heavy (non-hydrogen) atoms. The molecule has 0 saturated carbocycles. The first kappa shape index (κ1) is 20.5. The number of carbonyl (C=O) groups excluding carboxylic acids is 3. The van der Waals surface area contributed by atoms with Gasteiger partial charge in [-0.2, -0.15) is 5.11 Å². The minimum absolute atomic E-state index is 0.199. The predicted molar refractivity (Wildman–Crippen MR) is 114 cm³/mol. The van der Waals surface area contributed by atoms with Crippen LogP contribution in [0.1, 0.15) is 25.3 Å². The molecule has 4 rings (SSSR count). The van der Waals surface area contributed by atoms with E-state index in [1.54, 1.807) is 43.5 Å². The van der Waals surface area contributed by atoms with Crippen molar-refractivity contribution in [2.75, 3.05) is 23.9 Å². The molecule has 0 spiro atoms. The maximum Gasteiger partial charge on any atom is 0.263 e. The lowest BCUT2D eigenvalue weighted by molar-refractivity contribution is -0.123. The molecule has 160 valence electrons. The van der Waals surface area contributed by atoms with E-state index in [0.717, 1.165) is 10.5 Å². The maximum absolute atomic E-state index is 13.0. The van der Waals surface area contributed by atoms with Gasteiger partial charge >= 0.3 is 0 Å². The van der Waals surface area contributed by atoms with Gasteiger partial charge in [-0.3, -0.25) is 19.4 Å². The number of carbonyl (C=O) groups is 3. The van der Waals surface area contributed by atoms with Gasteiger partial charge in [-0.1, -0.05) is 31.2 Å². The summed E-state index contributed by atoms with van der Waals surface area (Å²) in [5, 5.41) is 11.9. The first-order valence-corrected chi connectivity index (χ1v) is 9.98. The zero-order valence-electron chi connectivity index (χ0n) is 17.5. The van der Waals surface area contributed by atoms with Crippen LogP contribution in [0.25, 0.3) is 0 Å². The molecular weight excluding hydrogens is 398 g/mol. The van der Waals surface area contributed by atoms with Crippen molar-refractivity contribution in [2.45, 2.75) is 31.8 Å². The van der Waals surface area contributed by atoms with E-state index >= 15 is 0 Å². The Morgan fingerprint density at radius 3 is 2.35 bits per heavy atom. The van der Waals surface area contributed by atoms with Crippen molar-refractivity contribution in [2.24, 2.45) is 10.3 Å². The summed E-state index contributed by atoms with van der Waals surface area (Å²) in [6.45, 7) is 3.94. The number of nitrogens with one attached hydrogen (secondary N) is 1. The summed E-state index contributed by atoms with van der Waals surface area (Å²) >= 11 is 0. The Morgan fingerprint density at radius 1 is 1.06 bits per heavy atom. The zero-order chi connectivity index (χ0) is 22.1. The topological polar surface area (TPSA) is 104 Å². The highest BCUT2D eigenvalue weighted by molar-refractivity contribution is 6.25. The monoisotopic (exact) mass is 421 g/mol. The second-order valence-corrected chi connectivity index (χ2v) is 7.73. The first-order chi connectivity index (χ1) is 14.9. The number of nitrogens with zero attached hydrogens (tertiary/aromatic N) is 4. The number of anilines is 2. The van der Waals surface area contributed by atoms with E-state index in [9.17, 15) is 14.4 Å². The van der Waals surface area contributed by atoms with Crippen molar-refractivity contribution in [1.29, 1.82) is 0 Å². The van der Waals surface area contributed by atoms with Crippen LogP contribution in [0.2, 0.25) is 0 Å². The second-order valence-electron chi connectivity index (χ2n) is 7.73. The van der Waals surface area contributed by atoms with Crippen LogP contribution in [0.4, 0.5) is 11.4 Å². The minimum atomic E-state index is -0.939. The van der Waals surface area contributed by atoms with E-state index in [2.05, 4.69) is 29.5 Å². The highest BCUT2D eigenvalue weighted by Gasteiger charge is 2.55. The molecule has 0 unspecified atom stereocenters. The largest absolute Gasteiger partial charge is 0.497 e. The van der Waals surface area contributed by atoms with Gasteiger partial charge in [0.15, 0.2) is 12.1 Å². The predicted octanol–water partition coefficient (Wildman–Crippen LogP) is 2.75. The number of rotatable bonds is 6. The average Bonchev–Trinajstić information content (AvgIpc) is 3.28. The Morgan fingerprint density at radius 2 is 1.74 bits per heavy atom. The van der Waals surface area contributed by atoms with Crippen LogP contribution in [0.3, 0.4) is 0 Å². The van der Waals surface area contributed by atoms with Crippen molar-refractivity contribution in [3.63, 3.8) is 0 Å². The van der Waals surface area contributed by atoms with Crippen molar-refractivity contribution < 1.29 is 19.1 Å². The summed E-state index contributed by atoms with van der Waals surface area (Å²) in [7, 11) is 1.56. The van der Waals surface area contributed by atoms with Crippen LogP contribution in [0.5, 0.6) is 5.75 Å². The summed E-state index contributed by atoms with van der Waals surface area (Å²) in [5.74, 6) is -0.230. The van der Waals surface area contributed by atoms with Crippen molar-refractivity contribution in [1.82, 2.24) is 5.01 Å². The molecule has 1 fully saturated rings. The molecule has 3 amide bonds. The van der Waals surface area contributed by atoms with Crippen LogP contribution >= 0.6 is 0 Å². The molecule has 0 bridgehead atoms. The van der Waals surface area contributed by atoms with Gasteiger partial charge in [-0.05, 0) is 47.9 Å². The molecule has 2 aromatic carbocycles. The first-order valence-electron chi connectivity index (χ1n) is 9.98. The third kappa shape index (κ3) is 3.86. The molecule has 9 nitrogen and oxygen atoms in total. The van der Waals surface area contributed by atoms with Crippen molar-refractivity contribution >= 4 is 29.1 Å². The number of amides is 3. The van der Waals surface area contributed by atoms with Gasteiger partial charge in [-0.15, -0.1) is 0 Å². The van der Waals surface area contributed by atoms with E-state index in [0.29, 0.717) is 23.0 Å². The summed E-state index contributed by atoms with van der Waals surface area (Å²) in [4.78, 5) is 39.4. The quantitative estimate of drug-likeness (QED) is 0.723. The highest BCUT2D eigenvalue weighted by atomic mass is 16.5. The Hall–Kier alpha value is -3.75. The van der Waals surface area contributed by atoms with Gasteiger partial charge in [-0.25, -0.2) is 4.90 Å². The standard InChI is InChI=1S/C22H23N5O4/c1-13(2)14-4-8-16(9-5-14)27-21(29)19-20(22(27)30)26(25-24-19)12-18(28)23-15-6-10-17(31-3)11-7-15/h4-11,13,19-20H,12H2,1-3H3,(H,23,28)/t19-,20-/m1/s1. The average molecular weight is 421 g/mol. The van der Waals surface area contributed by atoms with Crippen LogP contribution in [0, 0.1) is 0 Å². The van der Waals surface area contributed by atoms with Gasteiger partial charge in [0.2, 0.25) is 5.91 Å². The molecule has 2 aromatic rings. The highest BCUT2D eigenvalue weighted by Crippen LogP contribution is 2.32. The minimum Gasteiger partial charge on any atom is -0.497 e. The summed E-state index contributed by atoms with van der Waals surface area (Å²) in [5.41, 5.74) is 2.19. The van der Waals surface area contributed by atoms with E-state index in [-0.39, 0.29) is 12.5 Å². The maximum atomic E-state index is 13.0. The Kier molecular flexibility index (Phi) is 5.41. The fourth-order valence-corrected chi connectivity index (χ4v) is 3.64. The van der Waals surface area contributed by atoms with Gasteiger partial charge in [0.1, 0.15) is 12.3 Å². The fourth-order valence-electron chi connectivity index (χ4n) is 3.64. The van der Waals surface area contributed by atoms with E-state index in [1.165, 1.54) is 5.01 Å². The smallest absolute Gasteiger partial charge is 0.263 e. The molecule has 0 aliphatic carbocycles. The lowest BCUT2D eigenvalue weighted by atomic mass is 10.0. The number of imide groups is 1. The van der Waals surface area contributed by atoms with Crippen LogP contribution in [0.15, 0.2) is 58.9 Å². The molecule has 9 heteroatoms.